The van der Waals surface area contributed by atoms with Crippen LogP contribution in [-0.4, -0.2) is 25.0 Å². The van der Waals surface area contributed by atoms with E-state index in [-0.39, 0.29) is 17.9 Å². The van der Waals surface area contributed by atoms with E-state index < -0.39 is 0 Å². The molecule has 0 heterocycles. The molecule has 0 spiro atoms. The first kappa shape index (κ1) is 18.0. The van der Waals surface area contributed by atoms with E-state index in [4.69, 9.17) is 4.74 Å². The first-order chi connectivity index (χ1) is 11.4. The van der Waals surface area contributed by atoms with Gasteiger partial charge in [0.1, 0.15) is 5.75 Å². The summed E-state index contributed by atoms with van der Waals surface area (Å²) < 4.78 is 6.35. The second kappa shape index (κ2) is 7.97. The highest BCUT2D eigenvalue weighted by molar-refractivity contribution is 9.10. The molecule has 5 nitrogen and oxygen atoms in total. The molecule has 0 radical (unpaired) electrons. The fraction of sp³-hybridized carbons (Fsp3) is 0.222. The molecule has 126 valence electrons. The number of amides is 2. The Hall–Kier alpha value is -2.34. The molecule has 0 bridgehead atoms. The van der Waals surface area contributed by atoms with E-state index in [1.54, 1.807) is 49.5 Å². The predicted molar refractivity (Wildman–Crippen MR) is 97.7 cm³/mol. The lowest BCUT2D eigenvalue weighted by atomic mass is 10.1. The number of carbonyl (C=O) groups is 2. The largest absolute Gasteiger partial charge is 0.490 e. The van der Waals surface area contributed by atoms with E-state index in [2.05, 4.69) is 26.6 Å². The number of nitrogens with one attached hydrogen (secondary N) is 2. The van der Waals surface area contributed by atoms with Gasteiger partial charge < -0.3 is 15.4 Å². The van der Waals surface area contributed by atoms with Gasteiger partial charge in [0.05, 0.1) is 10.6 Å². The van der Waals surface area contributed by atoms with E-state index in [1.165, 1.54) is 0 Å². The summed E-state index contributed by atoms with van der Waals surface area (Å²) >= 11 is 3.41. The molecule has 2 N–H and O–H groups in total. The standard InChI is InChI=1S/C18H19BrN2O3/c1-11(2)24-16-9-6-13(10-15(16)19)18(23)21-14-7-4-12(5-8-14)17(22)20-3/h4-11H,1-3H3,(H,20,22)(H,21,23). The lowest BCUT2D eigenvalue weighted by Gasteiger charge is -2.12. The zero-order valence-electron chi connectivity index (χ0n) is 13.7. The quantitative estimate of drug-likeness (QED) is 0.814. The van der Waals surface area contributed by atoms with Crippen LogP contribution in [-0.2, 0) is 0 Å². The summed E-state index contributed by atoms with van der Waals surface area (Å²) in [4.78, 5) is 23.8. The Bertz CT molecular complexity index is 742. The summed E-state index contributed by atoms with van der Waals surface area (Å²) in [5.41, 5.74) is 1.66. The van der Waals surface area contributed by atoms with Crippen molar-refractivity contribution in [2.75, 3.05) is 12.4 Å². The van der Waals surface area contributed by atoms with Gasteiger partial charge in [-0.25, -0.2) is 0 Å². The Morgan fingerprint density at radius 1 is 1.00 bits per heavy atom. The minimum absolute atomic E-state index is 0.0554. The fourth-order valence-corrected chi connectivity index (χ4v) is 2.52. The second-order valence-corrected chi connectivity index (χ2v) is 6.28. The Balaban J connectivity index is 2.09. The van der Waals surface area contributed by atoms with Crippen molar-refractivity contribution in [3.05, 3.63) is 58.1 Å². The van der Waals surface area contributed by atoms with E-state index >= 15 is 0 Å². The molecule has 0 aromatic heterocycles. The molecule has 2 rings (SSSR count). The zero-order chi connectivity index (χ0) is 17.7. The molecule has 2 amide bonds. The van der Waals surface area contributed by atoms with Crippen molar-refractivity contribution in [1.82, 2.24) is 5.32 Å². The lowest BCUT2D eigenvalue weighted by Crippen LogP contribution is -2.18. The van der Waals surface area contributed by atoms with Crippen molar-refractivity contribution < 1.29 is 14.3 Å². The molecule has 0 saturated heterocycles. The molecule has 6 heteroatoms. The van der Waals surface area contributed by atoms with Crippen LogP contribution < -0.4 is 15.4 Å². The van der Waals surface area contributed by atoms with Gasteiger partial charge in [-0.2, -0.15) is 0 Å². The number of anilines is 1. The zero-order valence-corrected chi connectivity index (χ0v) is 15.3. The van der Waals surface area contributed by atoms with E-state index in [1.807, 2.05) is 13.8 Å². The van der Waals surface area contributed by atoms with Crippen molar-refractivity contribution in [3.8, 4) is 5.75 Å². The number of carbonyl (C=O) groups excluding carboxylic acids is 2. The molecule has 0 fully saturated rings. The summed E-state index contributed by atoms with van der Waals surface area (Å²) in [5, 5.41) is 5.35. The molecule has 2 aromatic carbocycles. The Kier molecular flexibility index (Phi) is 5.98. The number of ether oxygens (including phenoxy) is 1. The third-order valence-corrected chi connectivity index (χ3v) is 3.81. The van der Waals surface area contributed by atoms with Crippen LogP contribution in [0.1, 0.15) is 34.6 Å². The van der Waals surface area contributed by atoms with Crippen molar-refractivity contribution in [1.29, 1.82) is 0 Å². The van der Waals surface area contributed by atoms with Crippen LogP contribution in [0.5, 0.6) is 5.75 Å². The number of rotatable bonds is 5. The molecular weight excluding hydrogens is 372 g/mol. The van der Waals surface area contributed by atoms with Crippen LogP contribution in [0.4, 0.5) is 5.69 Å². The molecule has 0 aliphatic carbocycles. The van der Waals surface area contributed by atoms with E-state index in [0.717, 1.165) is 4.47 Å². The minimum atomic E-state index is -0.237. The minimum Gasteiger partial charge on any atom is -0.490 e. The fourth-order valence-electron chi connectivity index (χ4n) is 2.04. The van der Waals surface area contributed by atoms with Gasteiger partial charge in [0.25, 0.3) is 11.8 Å². The van der Waals surface area contributed by atoms with Gasteiger partial charge in [0.15, 0.2) is 0 Å². The molecule has 0 atom stereocenters. The summed E-state index contributed by atoms with van der Waals surface area (Å²) in [6.45, 7) is 3.88. The Morgan fingerprint density at radius 2 is 1.62 bits per heavy atom. The molecule has 24 heavy (non-hydrogen) atoms. The van der Waals surface area contributed by atoms with Gasteiger partial charge in [-0.15, -0.1) is 0 Å². The molecule has 2 aromatic rings. The third-order valence-electron chi connectivity index (χ3n) is 3.19. The van der Waals surface area contributed by atoms with Gasteiger partial charge in [0, 0.05) is 23.9 Å². The van der Waals surface area contributed by atoms with Crippen LogP contribution in [0.15, 0.2) is 46.9 Å². The van der Waals surface area contributed by atoms with Crippen molar-refractivity contribution in [2.24, 2.45) is 0 Å². The van der Waals surface area contributed by atoms with Gasteiger partial charge in [-0.1, -0.05) is 0 Å². The number of hydrogen-bond donors (Lipinski definition) is 2. The monoisotopic (exact) mass is 390 g/mol. The van der Waals surface area contributed by atoms with E-state index in [9.17, 15) is 9.59 Å². The van der Waals surface area contributed by atoms with Crippen LogP contribution >= 0.6 is 15.9 Å². The Morgan fingerprint density at radius 3 is 2.17 bits per heavy atom. The molecule has 0 aliphatic rings. The summed E-state index contributed by atoms with van der Waals surface area (Å²) in [6.07, 6.45) is 0.0554. The maximum Gasteiger partial charge on any atom is 0.255 e. The summed E-state index contributed by atoms with van der Waals surface area (Å²) in [6, 6.07) is 11.9. The molecule has 0 saturated carbocycles. The summed E-state index contributed by atoms with van der Waals surface area (Å²) in [7, 11) is 1.57. The van der Waals surface area contributed by atoms with Crippen LogP contribution in [0, 0.1) is 0 Å². The average Bonchev–Trinajstić information content (AvgIpc) is 2.56. The smallest absolute Gasteiger partial charge is 0.255 e. The predicted octanol–water partition coefficient (Wildman–Crippen LogP) is 3.85. The van der Waals surface area contributed by atoms with E-state index in [0.29, 0.717) is 22.6 Å². The SMILES string of the molecule is CNC(=O)c1ccc(NC(=O)c2ccc(OC(C)C)c(Br)c2)cc1. The molecular formula is C18H19BrN2O3. The highest BCUT2D eigenvalue weighted by Crippen LogP contribution is 2.27. The third kappa shape index (κ3) is 4.58. The molecule has 0 aliphatic heterocycles. The average molecular weight is 391 g/mol. The van der Waals surface area contributed by atoms with Gasteiger partial charge in [-0.05, 0) is 72.2 Å². The molecule has 0 unspecified atom stereocenters. The van der Waals surface area contributed by atoms with Crippen LogP contribution in [0.25, 0.3) is 0 Å². The highest BCUT2D eigenvalue weighted by Gasteiger charge is 2.11. The van der Waals surface area contributed by atoms with Crippen molar-refractivity contribution >= 4 is 33.4 Å². The highest BCUT2D eigenvalue weighted by atomic mass is 79.9. The van der Waals surface area contributed by atoms with Crippen molar-refractivity contribution in [3.63, 3.8) is 0 Å². The lowest BCUT2D eigenvalue weighted by molar-refractivity contribution is 0.0962. The van der Waals surface area contributed by atoms with Crippen molar-refractivity contribution in [2.45, 2.75) is 20.0 Å². The summed E-state index contributed by atoms with van der Waals surface area (Å²) in [5.74, 6) is 0.286. The van der Waals surface area contributed by atoms with Crippen LogP contribution in [0.2, 0.25) is 0 Å². The number of hydrogen-bond acceptors (Lipinski definition) is 3. The van der Waals surface area contributed by atoms with Gasteiger partial charge in [0.2, 0.25) is 0 Å². The van der Waals surface area contributed by atoms with Gasteiger partial charge >= 0.3 is 0 Å². The first-order valence-corrected chi connectivity index (χ1v) is 8.29. The topological polar surface area (TPSA) is 67.4 Å². The number of benzene rings is 2. The maximum absolute atomic E-state index is 12.3. The van der Waals surface area contributed by atoms with Crippen LogP contribution in [0.3, 0.4) is 0 Å². The first-order valence-electron chi connectivity index (χ1n) is 7.50. The normalized spacial score (nSPS) is 10.4. The van der Waals surface area contributed by atoms with Gasteiger partial charge in [-0.3, -0.25) is 9.59 Å². The number of halogens is 1. The maximum atomic E-state index is 12.3. The Labute approximate surface area is 149 Å². The second-order valence-electron chi connectivity index (χ2n) is 5.42.